The maximum atomic E-state index is 13.6. The number of hydrogen-bond acceptors (Lipinski definition) is 3. The fourth-order valence-corrected chi connectivity index (χ4v) is 1.68. The second-order valence-corrected chi connectivity index (χ2v) is 3.94. The van der Waals surface area contributed by atoms with Crippen molar-refractivity contribution in [2.45, 2.75) is 0 Å². The van der Waals surface area contributed by atoms with E-state index in [0.717, 1.165) is 24.4 Å². The number of aromatic carboxylic acids is 2. The van der Waals surface area contributed by atoms with Crippen molar-refractivity contribution in [1.82, 2.24) is 4.98 Å². The van der Waals surface area contributed by atoms with E-state index in [-0.39, 0.29) is 16.7 Å². The monoisotopic (exact) mass is 277 g/mol. The van der Waals surface area contributed by atoms with Gasteiger partial charge in [0.1, 0.15) is 5.82 Å². The van der Waals surface area contributed by atoms with Gasteiger partial charge in [0.15, 0.2) is 0 Å². The lowest BCUT2D eigenvalue weighted by Crippen LogP contribution is -2.12. The van der Waals surface area contributed by atoms with Gasteiger partial charge in [-0.05, 0) is 23.8 Å². The van der Waals surface area contributed by atoms with Crippen LogP contribution in [0.5, 0.6) is 0 Å². The lowest BCUT2D eigenvalue weighted by atomic mass is 10.0. The first kappa shape index (κ1) is 13.5. The van der Waals surface area contributed by atoms with Gasteiger partial charge < -0.3 is 15.2 Å². The van der Waals surface area contributed by atoms with E-state index in [1.165, 1.54) is 6.07 Å². The molecule has 0 aliphatic carbocycles. The average Bonchev–Trinajstić information content (AvgIpc) is 2.38. The number of carboxylic acid groups (broad SMARTS) is 2. The highest BCUT2D eigenvalue weighted by atomic mass is 19.1. The number of aromatic amines is 1. The molecular weight excluding hydrogens is 269 g/mol. The largest absolute Gasteiger partial charge is 0.478 e. The first-order valence-electron chi connectivity index (χ1n) is 5.39. The molecule has 0 saturated carbocycles. The van der Waals surface area contributed by atoms with Gasteiger partial charge in [0.25, 0.3) is 5.56 Å². The predicted octanol–water partition coefficient (Wildman–Crippen LogP) is 1.58. The fourth-order valence-electron chi connectivity index (χ4n) is 1.68. The van der Waals surface area contributed by atoms with E-state index < -0.39 is 28.9 Å². The molecule has 0 unspecified atom stereocenters. The van der Waals surface area contributed by atoms with Gasteiger partial charge in [0, 0.05) is 11.8 Å². The smallest absolute Gasteiger partial charge is 0.338 e. The van der Waals surface area contributed by atoms with Crippen LogP contribution in [0.3, 0.4) is 0 Å². The Hall–Kier alpha value is -2.96. The number of aromatic nitrogens is 1. The standard InChI is InChI=1S/C13H8FNO5/c14-10-4-6(1-2-8(10)13(19)20)9-3-7(12(17)18)5-15-11(9)16/h1-5H,(H,15,16)(H,17,18)(H,19,20). The minimum Gasteiger partial charge on any atom is -0.478 e. The van der Waals surface area contributed by atoms with Gasteiger partial charge in [0.2, 0.25) is 0 Å². The quantitative estimate of drug-likeness (QED) is 0.789. The maximum Gasteiger partial charge on any atom is 0.338 e. The first-order chi connectivity index (χ1) is 9.40. The molecule has 2 rings (SSSR count). The number of benzene rings is 1. The Balaban J connectivity index is 2.60. The van der Waals surface area contributed by atoms with Crippen LogP contribution in [0.25, 0.3) is 11.1 Å². The van der Waals surface area contributed by atoms with Crippen LogP contribution in [0.2, 0.25) is 0 Å². The Bertz CT molecular complexity index is 766. The topological polar surface area (TPSA) is 107 Å². The SMILES string of the molecule is O=C(O)c1c[nH]c(=O)c(-c2ccc(C(=O)O)c(F)c2)c1. The number of carbonyl (C=O) groups is 2. The number of pyridine rings is 1. The summed E-state index contributed by atoms with van der Waals surface area (Å²) in [6.45, 7) is 0. The van der Waals surface area contributed by atoms with E-state index >= 15 is 0 Å². The normalized spacial score (nSPS) is 10.2. The third-order valence-corrected chi connectivity index (χ3v) is 2.66. The van der Waals surface area contributed by atoms with Crippen molar-refractivity contribution in [3.8, 4) is 11.1 Å². The van der Waals surface area contributed by atoms with Crippen LogP contribution in [-0.4, -0.2) is 27.1 Å². The Morgan fingerprint density at radius 1 is 1.10 bits per heavy atom. The lowest BCUT2D eigenvalue weighted by Gasteiger charge is -2.04. The van der Waals surface area contributed by atoms with Gasteiger partial charge in [-0.3, -0.25) is 4.79 Å². The Labute approximate surface area is 111 Å². The average molecular weight is 277 g/mol. The van der Waals surface area contributed by atoms with Crippen molar-refractivity contribution in [3.05, 3.63) is 57.8 Å². The van der Waals surface area contributed by atoms with E-state index in [2.05, 4.69) is 4.98 Å². The molecule has 20 heavy (non-hydrogen) atoms. The molecule has 102 valence electrons. The second-order valence-electron chi connectivity index (χ2n) is 3.94. The van der Waals surface area contributed by atoms with E-state index in [4.69, 9.17) is 10.2 Å². The van der Waals surface area contributed by atoms with Crippen LogP contribution in [0.15, 0.2) is 35.3 Å². The number of carboxylic acids is 2. The maximum absolute atomic E-state index is 13.6. The molecule has 0 aliphatic heterocycles. The van der Waals surface area contributed by atoms with Crippen LogP contribution in [0, 0.1) is 5.82 Å². The van der Waals surface area contributed by atoms with Gasteiger partial charge in [-0.2, -0.15) is 0 Å². The summed E-state index contributed by atoms with van der Waals surface area (Å²) in [5, 5.41) is 17.6. The van der Waals surface area contributed by atoms with Crippen LogP contribution < -0.4 is 5.56 Å². The zero-order valence-corrected chi connectivity index (χ0v) is 9.88. The summed E-state index contributed by atoms with van der Waals surface area (Å²) in [6.07, 6.45) is 1.02. The van der Waals surface area contributed by atoms with Crippen molar-refractivity contribution in [1.29, 1.82) is 0 Å². The molecule has 0 amide bonds. The molecule has 0 aliphatic rings. The van der Waals surface area contributed by atoms with Crippen LogP contribution in [0.4, 0.5) is 4.39 Å². The zero-order chi connectivity index (χ0) is 14.9. The summed E-state index contributed by atoms with van der Waals surface area (Å²) in [6, 6.07) is 4.22. The summed E-state index contributed by atoms with van der Waals surface area (Å²) >= 11 is 0. The highest BCUT2D eigenvalue weighted by Crippen LogP contribution is 2.20. The van der Waals surface area contributed by atoms with Gasteiger partial charge >= 0.3 is 11.9 Å². The molecule has 3 N–H and O–H groups in total. The lowest BCUT2D eigenvalue weighted by molar-refractivity contribution is 0.0683. The van der Waals surface area contributed by atoms with E-state index in [0.29, 0.717) is 0 Å². The zero-order valence-electron chi connectivity index (χ0n) is 9.88. The predicted molar refractivity (Wildman–Crippen MR) is 66.4 cm³/mol. The van der Waals surface area contributed by atoms with Gasteiger partial charge in [-0.15, -0.1) is 0 Å². The Morgan fingerprint density at radius 2 is 1.80 bits per heavy atom. The molecule has 0 radical (unpaired) electrons. The molecule has 0 spiro atoms. The summed E-state index contributed by atoms with van der Waals surface area (Å²) < 4.78 is 13.6. The van der Waals surface area contributed by atoms with E-state index in [1.807, 2.05) is 0 Å². The van der Waals surface area contributed by atoms with Crippen LogP contribution in [0.1, 0.15) is 20.7 Å². The Morgan fingerprint density at radius 3 is 2.35 bits per heavy atom. The van der Waals surface area contributed by atoms with Gasteiger partial charge in [-0.1, -0.05) is 6.07 Å². The van der Waals surface area contributed by atoms with Crippen molar-refractivity contribution in [2.24, 2.45) is 0 Å². The molecule has 1 aromatic heterocycles. The fraction of sp³-hybridized carbons (Fsp3) is 0. The molecule has 0 bridgehead atoms. The molecule has 0 fully saturated rings. The number of H-pyrrole nitrogens is 1. The summed E-state index contributed by atoms with van der Waals surface area (Å²) in [5.41, 5.74) is -1.25. The molecule has 6 nitrogen and oxygen atoms in total. The summed E-state index contributed by atoms with van der Waals surface area (Å²) in [5.74, 6) is -3.68. The van der Waals surface area contributed by atoms with Crippen molar-refractivity contribution < 1.29 is 24.2 Å². The molecular formula is C13H8FNO5. The third kappa shape index (κ3) is 2.41. The van der Waals surface area contributed by atoms with Crippen LogP contribution in [-0.2, 0) is 0 Å². The number of rotatable bonds is 3. The van der Waals surface area contributed by atoms with Crippen molar-refractivity contribution in [2.75, 3.05) is 0 Å². The highest BCUT2D eigenvalue weighted by Gasteiger charge is 2.14. The molecule has 1 aromatic carbocycles. The van der Waals surface area contributed by atoms with Gasteiger partial charge in [-0.25, -0.2) is 14.0 Å². The Kier molecular flexibility index (Phi) is 3.34. The molecule has 0 saturated heterocycles. The summed E-state index contributed by atoms with van der Waals surface area (Å²) in [4.78, 5) is 35.4. The van der Waals surface area contributed by atoms with Crippen molar-refractivity contribution in [3.63, 3.8) is 0 Å². The second kappa shape index (κ2) is 4.96. The van der Waals surface area contributed by atoms with E-state index in [1.54, 1.807) is 0 Å². The highest BCUT2D eigenvalue weighted by molar-refractivity contribution is 5.90. The molecule has 0 atom stereocenters. The minimum absolute atomic E-state index is 0.0549. The minimum atomic E-state index is -1.43. The number of hydrogen-bond donors (Lipinski definition) is 3. The van der Waals surface area contributed by atoms with Gasteiger partial charge in [0.05, 0.1) is 11.1 Å². The van der Waals surface area contributed by atoms with Crippen LogP contribution >= 0.6 is 0 Å². The van der Waals surface area contributed by atoms with E-state index in [9.17, 15) is 18.8 Å². The first-order valence-corrected chi connectivity index (χ1v) is 5.39. The third-order valence-electron chi connectivity index (χ3n) is 2.66. The molecule has 1 heterocycles. The number of halogens is 1. The summed E-state index contributed by atoms with van der Waals surface area (Å²) in [7, 11) is 0. The number of nitrogens with one attached hydrogen (secondary N) is 1. The molecule has 7 heteroatoms. The van der Waals surface area contributed by atoms with Crippen molar-refractivity contribution >= 4 is 11.9 Å². The molecule has 2 aromatic rings.